The van der Waals surface area contributed by atoms with E-state index in [1.807, 2.05) is 0 Å². The highest BCUT2D eigenvalue weighted by Crippen LogP contribution is 2.37. The lowest BCUT2D eigenvalue weighted by Crippen LogP contribution is -2.25. The first-order valence-electron chi connectivity index (χ1n) is 8.65. The van der Waals surface area contributed by atoms with E-state index in [1.165, 1.54) is 18.2 Å². The molecule has 7 heteroatoms. The molecule has 2 aliphatic rings. The average Bonchev–Trinajstić information content (AvgIpc) is 3.35. The molecule has 1 fully saturated rings. The molecule has 0 spiro atoms. The minimum atomic E-state index is -0.502. The van der Waals surface area contributed by atoms with Crippen LogP contribution in [-0.2, 0) is 6.42 Å². The van der Waals surface area contributed by atoms with Gasteiger partial charge in [-0.1, -0.05) is 6.07 Å². The second kappa shape index (κ2) is 6.40. The van der Waals surface area contributed by atoms with Crippen molar-refractivity contribution >= 4 is 17.3 Å². The van der Waals surface area contributed by atoms with Crippen molar-refractivity contribution in [3.05, 3.63) is 69.0 Å². The van der Waals surface area contributed by atoms with Gasteiger partial charge in [-0.2, -0.15) is 0 Å². The van der Waals surface area contributed by atoms with E-state index in [4.69, 9.17) is 0 Å². The predicted octanol–water partition coefficient (Wildman–Crippen LogP) is 3.73. The third kappa shape index (κ3) is 3.24. The van der Waals surface area contributed by atoms with Gasteiger partial charge in [0.2, 0.25) is 0 Å². The van der Waals surface area contributed by atoms with Crippen LogP contribution in [0, 0.1) is 15.9 Å². The van der Waals surface area contributed by atoms with E-state index in [0.29, 0.717) is 5.69 Å². The third-order valence-corrected chi connectivity index (χ3v) is 4.88. The predicted molar refractivity (Wildman–Crippen MR) is 94.7 cm³/mol. The van der Waals surface area contributed by atoms with E-state index >= 15 is 0 Å². The minimum absolute atomic E-state index is 0.154. The maximum absolute atomic E-state index is 13.6. The molecule has 0 aromatic heterocycles. The van der Waals surface area contributed by atoms with Crippen molar-refractivity contribution in [3.8, 4) is 0 Å². The Morgan fingerprint density at radius 3 is 2.69 bits per heavy atom. The lowest BCUT2D eigenvalue weighted by molar-refractivity contribution is -0.384. The Kier molecular flexibility index (Phi) is 4.06. The van der Waals surface area contributed by atoms with Crippen molar-refractivity contribution in [2.45, 2.75) is 37.8 Å². The number of hydrogen-bond acceptors (Lipinski definition) is 4. The molecule has 2 aromatic rings. The van der Waals surface area contributed by atoms with Crippen molar-refractivity contribution in [2.75, 3.05) is 5.32 Å². The molecule has 0 saturated heterocycles. The summed E-state index contributed by atoms with van der Waals surface area (Å²) in [4.78, 5) is 23.1. The highest BCUT2D eigenvalue weighted by atomic mass is 19.1. The zero-order chi connectivity index (χ0) is 18.3. The van der Waals surface area contributed by atoms with Crippen molar-refractivity contribution < 1.29 is 14.1 Å². The lowest BCUT2D eigenvalue weighted by atomic mass is 10.1. The molecule has 2 N–H and O–H groups in total. The Morgan fingerprint density at radius 1 is 1.15 bits per heavy atom. The molecule has 26 heavy (non-hydrogen) atoms. The summed E-state index contributed by atoms with van der Waals surface area (Å²) in [5.74, 6) is -0.616. The fraction of sp³-hybridized carbons (Fsp3) is 0.316. The minimum Gasteiger partial charge on any atom is -0.373 e. The summed E-state index contributed by atoms with van der Waals surface area (Å²) in [5, 5.41) is 17.5. The maximum Gasteiger partial charge on any atom is 0.293 e. The third-order valence-electron chi connectivity index (χ3n) is 4.88. The monoisotopic (exact) mass is 355 g/mol. The van der Waals surface area contributed by atoms with Crippen LogP contribution in [0.3, 0.4) is 0 Å². The van der Waals surface area contributed by atoms with Gasteiger partial charge in [-0.15, -0.1) is 0 Å². The number of hydrogen-bond donors (Lipinski definition) is 2. The number of nitrogens with one attached hydrogen (secondary N) is 2. The molecular weight excluding hydrogens is 337 g/mol. The number of anilines is 1. The summed E-state index contributed by atoms with van der Waals surface area (Å²) in [6.45, 7) is 0. The van der Waals surface area contributed by atoms with Gasteiger partial charge in [0, 0.05) is 17.7 Å². The number of fused-ring (bicyclic) bond motifs is 1. The summed E-state index contributed by atoms with van der Waals surface area (Å²) in [5.41, 5.74) is 2.33. The Labute approximate surface area is 149 Å². The molecule has 2 aliphatic carbocycles. The van der Waals surface area contributed by atoms with Gasteiger partial charge in [0.05, 0.1) is 11.0 Å². The van der Waals surface area contributed by atoms with Crippen LogP contribution in [0.15, 0.2) is 36.4 Å². The Balaban J connectivity index is 1.59. The molecular formula is C19H18FN3O3. The Bertz CT molecular complexity index is 896. The van der Waals surface area contributed by atoms with Crippen LogP contribution in [0.2, 0.25) is 0 Å². The van der Waals surface area contributed by atoms with Crippen LogP contribution in [-0.4, -0.2) is 16.9 Å². The van der Waals surface area contributed by atoms with Gasteiger partial charge in [-0.05, 0) is 61.1 Å². The molecule has 0 radical (unpaired) electrons. The first kappa shape index (κ1) is 16.5. The second-order valence-corrected chi connectivity index (χ2v) is 6.82. The van der Waals surface area contributed by atoms with Crippen LogP contribution >= 0.6 is 0 Å². The molecule has 0 bridgehead atoms. The van der Waals surface area contributed by atoms with Crippen LogP contribution in [0.1, 0.15) is 46.8 Å². The van der Waals surface area contributed by atoms with Crippen molar-refractivity contribution in [3.63, 3.8) is 0 Å². The quantitative estimate of drug-likeness (QED) is 0.632. The number of nitro groups is 1. The Hall–Kier alpha value is -2.96. The van der Waals surface area contributed by atoms with E-state index in [2.05, 4.69) is 10.6 Å². The number of nitrogens with zero attached hydrogens (tertiary/aromatic N) is 1. The van der Waals surface area contributed by atoms with Crippen molar-refractivity contribution in [1.82, 2.24) is 5.32 Å². The van der Waals surface area contributed by atoms with Crippen LogP contribution in [0.4, 0.5) is 15.8 Å². The second-order valence-electron chi connectivity index (χ2n) is 6.82. The summed E-state index contributed by atoms with van der Waals surface area (Å²) < 4.78 is 13.6. The zero-order valence-electron chi connectivity index (χ0n) is 14.0. The first-order chi connectivity index (χ1) is 12.5. The van der Waals surface area contributed by atoms with Crippen molar-refractivity contribution in [2.24, 2.45) is 0 Å². The highest BCUT2D eigenvalue weighted by Gasteiger charge is 2.27. The molecule has 6 nitrogen and oxygen atoms in total. The van der Waals surface area contributed by atoms with Crippen molar-refractivity contribution in [1.29, 1.82) is 0 Å². The number of rotatable bonds is 5. The molecule has 0 heterocycles. The summed E-state index contributed by atoms with van der Waals surface area (Å²) in [6, 6.07) is 9.08. The molecule has 1 atom stereocenters. The molecule has 134 valence electrons. The normalized spacial score (nSPS) is 18.3. The summed E-state index contributed by atoms with van der Waals surface area (Å²) in [7, 11) is 0. The van der Waals surface area contributed by atoms with E-state index < -0.39 is 4.92 Å². The van der Waals surface area contributed by atoms with E-state index in [0.717, 1.165) is 36.8 Å². The van der Waals surface area contributed by atoms with Gasteiger partial charge in [0.25, 0.3) is 11.6 Å². The number of benzene rings is 2. The largest absolute Gasteiger partial charge is 0.373 e. The van der Waals surface area contributed by atoms with Crippen LogP contribution in [0.5, 0.6) is 0 Å². The fourth-order valence-electron chi connectivity index (χ4n) is 3.35. The van der Waals surface area contributed by atoms with Gasteiger partial charge in [-0.3, -0.25) is 14.9 Å². The average molecular weight is 355 g/mol. The SMILES string of the molecule is O=C(NC1CC1)c1ccc(NC2CCc3ccc(F)cc32)c([N+](=O)[O-])c1. The lowest BCUT2D eigenvalue weighted by Gasteiger charge is -2.16. The number of carbonyl (C=O) groups excluding carboxylic acids is 1. The molecule has 4 rings (SSSR count). The molecule has 0 aliphatic heterocycles. The van der Waals surface area contributed by atoms with Gasteiger partial charge in [0.1, 0.15) is 11.5 Å². The van der Waals surface area contributed by atoms with Crippen LogP contribution < -0.4 is 10.6 Å². The summed E-state index contributed by atoms with van der Waals surface area (Å²) >= 11 is 0. The van der Waals surface area contributed by atoms with Gasteiger partial charge in [-0.25, -0.2) is 4.39 Å². The number of amides is 1. The number of halogens is 1. The number of aryl methyl sites for hydroxylation is 1. The Morgan fingerprint density at radius 2 is 1.96 bits per heavy atom. The first-order valence-corrected chi connectivity index (χ1v) is 8.65. The van der Waals surface area contributed by atoms with E-state index in [-0.39, 0.29) is 35.1 Å². The fourth-order valence-corrected chi connectivity index (χ4v) is 3.35. The molecule has 1 saturated carbocycles. The standard InChI is InChI=1S/C19H18FN3O3/c20-13-4-1-11-2-7-16(15(11)10-13)22-17-8-3-12(9-18(17)23(25)26)19(24)21-14-5-6-14/h1,3-4,8-10,14,16,22H,2,5-7H2,(H,21,24). The molecule has 1 unspecified atom stereocenters. The topological polar surface area (TPSA) is 84.3 Å². The summed E-state index contributed by atoms with van der Waals surface area (Å²) in [6.07, 6.45) is 3.43. The van der Waals surface area contributed by atoms with Gasteiger partial charge in [0.15, 0.2) is 0 Å². The highest BCUT2D eigenvalue weighted by molar-refractivity contribution is 5.96. The van der Waals surface area contributed by atoms with E-state index in [9.17, 15) is 19.3 Å². The van der Waals surface area contributed by atoms with Gasteiger partial charge >= 0.3 is 0 Å². The number of nitro benzene ring substituents is 1. The molecule has 1 amide bonds. The van der Waals surface area contributed by atoms with Gasteiger partial charge < -0.3 is 10.6 Å². The maximum atomic E-state index is 13.6. The smallest absolute Gasteiger partial charge is 0.293 e. The van der Waals surface area contributed by atoms with E-state index in [1.54, 1.807) is 18.2 Å². The number of carbonyl (C=O) groups is 1. The van der Waals surface area contributed by atoms with Crippen LogP contribution in [0.25, 0.3) is 0 Å². The zero-order valence-corrected chi connectivity index (χ0v) is 14.0. The molecule has 2 aromatic carbocycles.